The first-order valence-corrected chi connectivity index (χ1v) is 34.3. The zero-order valence-electron chi connectivity index (χ0n) is 67.0. The molecule has 20 nitrogen and oxygen atoms in total. The van der Waals surface area contributed by atoms with Crippen molar-refractivity contribution in [3.63, 3.8) is 0 Å². The lowest BCUT2D eigenvalue weighted by molar-refractivity contribution is -0.127. The SMILES string of the molecule is CC(=O)/C(C)=C(/C)O.CC(=O)C1=C(O)C(C)(C)C(C)(C)C(C)(C)C1(C)C.CC(=O)c1c(C)c(C)c(C)c(C)c1O.CC(=S)c1nc(C)c(C)nc1C.Cc1nc(C(=O)O)c(C)c(C)c1C.Cc1nc(C(=O)O)nc(C)c1C.Cc1nc(C(=S)S)c(C)c(C)c1C.Cc1nc(C)c(C(=O)O)nc1C. The number of phenols is 1. The summed E-state index contributed by atoms with van der Waals surface area (Å²) in [5.74, 6) is -2.85. The summed E-state index contributed by atoms with van der Waals surface area (Å²) in [7, 11) is 0. The summed E-state index contributed by atoms with van der Waals surface area (Å²) in [6, 6.07) is 0. The van der Waals surface area contributed by atoms with Gasteiger partial charge >= 0.3 is 17.9 Å². The van der Waals surface area contributed by atoms with Crippen molar-refractivity contribution in [2.45, 2.75) is 242 Å². The van der Waals surface area contributed by atoms with Crippen molar-refractivity contribution in [3.8, 4) is 5.75 Å². The number of aromatic carboxylic acids is 3. The highest BCUT2D eigenvalue weighted by Gasteiger charge is 2.62. The number of thiocarbonyl (C=S) groups is 2. The van der Waals surface area contributed by atoms with E-state index in [1.807, 2.05) is 111 Å². The fourth-order valence-electron chi connectivity index (χ4n) is 10.7. The zero-order valence-corrected chi connectivity index (χ0v) is 69.5. The molecule has 0 radical (unpaired) electrons. The highest BCUT2D eigenvalue weighted by Crippen LogP contribution is 2.67. The molecule has 0 atom stereocenters. The summed E-state index contributed by atoms with van der Waals surface area (Å²) < 4.78 is 0.573. The summed E-state index contributed by atoms with van der Waals surface area (Å²) in [4.78, 5) is 99.1. The van der Waals surface area contributed by atoms with E-state index in [0.29, 0.717) is 32.3 Å². The minimum Gasteiger partial charge on any atom is -0.512 e. The van der Waals surface area contributed by atoms with Gasteiger partial charge in [0.25, 0.3) is 0 Å². The number of carboxylic acids is 3. The molecule has 0 aliphatic heterocycles. The maximum absolute atomic E-state index is 12.0. The number of hydrogen-bond donors (Lipinski definition) is 7. The summed E-state index contributed by atoms with van der Waals surface area (Å²) >= 11 is 14.2. The van der Waals surface area contributed by atoms with Gasteiger partial charge in [0, 0.05) is 49.6 Å². The Balaban J connectivity index is 0.00000115. The number of aromatic hydroxyl groups is 1. The summed E-state index contributed by atoms with van der Waals surface area (Å²) in [5.41, 5.74) is 21.7. The minimum atomic E-state index is -1.08. The number of thiol groups is 1. The molecule has 7 rings (SSSR count). The van der Waals surface area contributed by atoms with E-state index in [2.05, 4.69) is 108 Å². The molecule has 558 valence electrons. The number of phenolic OH excluding ortho intramolecular Hbond substituents is 1. The van der Waals surface area contributed by atoms with Crippen LogP contribution in [0.4, 0.5) is 0 Å². The molecule has 1 aliphatic rings. The smallest absolute Gasteiger partial charge is 0.373 e. The maximum atomic E-state index is 12.0. The van der Waals surface area contributed by atoms with Gasteiger partial charge in [0.1, 0.15) is 11.5 Å². The Kier molecular flexibility index (Phi) is 34.6. The Bertz CT molecular complexity index is 4130. The number of benzene rings is 1. The third-order valence-corrected chi connectivity index (χ3v) is 21.5. The molecule has 0 spiro atoms. The Hall–Kier alpha value is -8.41. The van der Waals surface area contributed by atoms with Crippen LogP contribution in [0, 0.1) is 167 Å². The van der Waals surface area contributed by atoms with E-state index in [-0.39, 0.29) is 68.1 Å². The number of aryl methyl sites for hydroxylation is 10. The molecule has 0 fully saturated rings. The first-order chi connectivity index (χ1) is 46.1. The number of hydrogen-bond acceptors (Lipinski definition) is 19. The van der Waals surface area contributed by atoms with E-state index in [4.69, 9.17) is 44.9 Å². The summed E-state index contributed by atoms with van der Waals surface area (Å²) in [6.45, 7) is 66.2. The monoisotopic (exact) mass is 1460 g/mol. The van der Waals surface area contributed by atoms with E-state index in [0.717, 1.165) is 112 Å². The van der Waals surface area contributed by atoms with Crippen LogP contribution in [0.25, 0.3) is 0 Å². The largest absolute Gasteiger partial charge is 0.512 e. The third kappa shape index (κ3) is 22.5. The third-order valence-electron chi connectivity index (χ3n) is 20.9. The Labute approximate surface area is 621 Å². The van der Waals surface area contributed by atoms with Crippen molar-refractivity contribution < 1.29 is 59.4 Å². The van der Waals surface area contributed by atoms with Crippen molar-refractivity contribution in [3.05, 3.63) is 175 Å². The molecule has 6 N–H and O–H groups in total. The zero-order chi connectivity index (χ0) is 80.8. The number of aliphatic hydroxyl groups is 2. The standard InChI is InChI=1S/C16H28O2.C12H16O2.C10H13NO2.C10H13NS2.C9H12N2S.2C8H10N2O2.C6H10O2/c1-10(17)11-12(18)14(4,5)16(8,9)15(6,7)13(11,2)3;1-6-7(2)9(4)12(14)11(8(6)3)10(5)13;2*1-5-6(2)8(4)11-9(7(5)3)10(12)13;1-5-6(2)11-9(8(4)12)7(3)10-5;1-4-5(2)10-7(8(11)12)6(3)9-4;1-4-5(2)9-7(8(11)12)10-6(4)3;1-4(5(2)7)6(3)8/h18H,1-9H3;14H,1-5H3;2*1-4H3,(H,12,13);1-4H3;2*1-3H3,(H,11,12);7H,1-3H3/b;;;;;;;5-4-. The molecule has 5 aromatic heterocycles. The number of carbonyl (C=O) groups excluding carboxylic acids is 3. The Morgan fingerprint density at radius 2 is 0.667 bits per heavy atom. The van der Waals surface area contributed by atoms with Crippen LogP contribution in [0.15, 0.2) is 22.7 Å². The van der Waals surface area contributed by atoms with E-state index in [1.165, 1.54) is 31.9 Å². The fraction of sp³-hybridized carbons (Fsp3) is 0.494. The van der Waals surface area contributed by atoms with Crippen LogP contribution < -0.4 is 0 Å². The molecule has 0 saturated heterocycles. The van der Waals surface area contributed by atoms with Gasteiger partial charge in [0.15, 0.2) is 28.7 Å². The first kappa shape index (κ1) is 93.6. The molecular weight excluding hydrogens is 1350 g/mol. The number of carbonyl (C=O) groups is 6. The number of aliphatic hydroxyl groups excluding tert-OH is 2. The lowest BCUT2D eigenvalue weighted by Crippen LogP contribution is -2.58. The van der Waals surface area contributed by atoms with Gasteiger partial charge in [0.2, 0.25) is 5.82 Å². The van der Waals surface area contributed by atoms with Crippen molar-refractivity contribution in [1.82, 2.24) is 39.9 Å². The molecule has 0 bridgehead atoms. The van der Waals surface area contributed by atoms with Crippen LogP contribution >= 0.6 is 37.1 Å². The summed E-state index contributed by atoms with van der Waals surface area (Å²) in [6.07, 6.45) is 0. The lowest BCUT2D eigenvalue weighted by atomic mass is 9.41. The average molecular weight is 1460 g/mol. The molecule has 0 amide bonds. The van der Waals surface area contributed by atoms with E-state index < -0.39 is 23.3 Å². The first-order valence-electron chi connectivity index (χ1n) is 33.0. The molecule has 0 unspecified atom stereocenters. The van der Waals surface area contributed by atoms with Crippen molar-refractivity contribution in [2.75, 3.05) is 0 Å². The van der Waals surface area contributed by atoms with Crippen molar-refractivity contribution in [1.29, 1.82) is 0 Å². The van der Waals surface area contributed by atoms with Gasteiger partial charge in [-0.3, -0.25) is 29.3 Å². The predicted molar refractivity (Wildman–Crippen MR) is 418 cm³/mol. The van der Waals surface area contributed by atoms with Crippen LogP contribution in [0.1, 0.15) is 268 Å². The normalized spacial score (nSPS) is 13.5. The average Bonchev–Trinajstić information content (AvgIpc) is 0.694. The molecule has 6 aromatic rings. The number of ketones is 3. The van der Waals surface area contributed by atoms with Crippen LogP contribution in [-0.2, 0) is 9.59 Å². The lowest BCUT2D eigenvalue weighted by Gasteiger charge is -2.62. The predicted octanol–water partition coefficient (Wildman–Crippen LogP) is 18.0. The Morgan fingerprint density at radius 3 is 1.00 bits per heavy atom. The molecule has 1 aliphatic carbocycles. The second kappa shape index (κ2) is 37.7. The Morgan fingerprint density at radius 1 is 0.343 bits per heavy atom. The molecule has 0 saturated carbocycles. The highest BCUT2D eigenvalue weighted by molar-refractivity contribution is 8.11. The van der Waals surface area contributed by atoms with Gasteiger partial charge in [0.05, 0.1) is 61.1 Å². The van der Waals surface area contributed by atoms with Gasteiger partial charge < -0.3 is 30.6 Å². The van der Waals surface area contributed by atoms with Crippen LogP contribution in [-0.4, -0.2) is 115 Å². The molecular formula is C79H112N8O12S3. The second-order valence-electron chi connectivity index (χ2n) is 27.9. The molecule has 23 heteroatoms. The summed E-state index contributed by atoms with van der Waals surface area (Å²) in [5, 5.41) is 55.2. The number of rotatable bonds is 8. The molecule has 5 heterocycles. The van der Waals surface area contributed by atoms with E-state index in [9.17, 15) is 39.0 Å². The molecule has 1 aromatic carbocycles. The van der Waals surface area contributed by atoms with E-state index in [1.54, 1.807) is 55.4 Å². The van der Waals surface area contributed by atoms with Crippen LogP contribution in [0.2, 0.25) is 0 Å². The van der Waals surface area contributed by atoms with Gasteiger partial charge in [-0.1, -0.05) is 79.8 Å². The highest BCUT2D eigenvalue weighted by atomic mass is 32.1. The fourth-order valence-corrected chi connectivity index (χ4v) is 11.4. The van der Waals surface area contributed by atoms with Gasteiger partial charge in [-0.15, -0.1) is 12.6 Å². The minimum absolute atomic E-state index is 0.0193. The van der Waals surface area contributed by atoms with Crippen LogP contribution in [0.3, 0.4) is 0 Å². The number of pyridine rings is 2. The quantitative estimate of drug-likeness (QED) is 0.0245. The van der Waals surface area contributed by atoms with Crippen molar-refractivity contribution >= 4 is 81.4 Å². The van der Waals surface area contributed by atoms with Crippen LogP contribution in [0.5, 0.6) is 5.75 Å². The van der Waals surface area contributed by atoms with Gasteiger partial charge in [-0.25, -0.2) is 39.3 Å². The number of Topliss-reactive ketones (excluding diaryl/α,β-unsaturated/α-hetero) is 3. The number of nitrogens with zero attached hydrogens (tertiary/aromatic N) is 8. The molecule has 102 heavy (non-hydrogen) atoms. The maximum Gasteiger partial charge on any atom is 0.373 e. The number of carboxylic acid groups (broad SMARTS) is 3. The second-order valence-corrected chi connectivity index (χ2v) is 29.7. The topological polar surface area (TPSA) is 327 Å². The van der Waals surface area contributed by atoms with Gasteiger partial charge in [-0.05, 0) is 259 Å². The number of allylic oxidation sites excluding steroid dienone is 4. The number of aromatic nitrogens is 8. The van der Waals surface area contributed by atoms with Gasteiger partial charge in [-0.2, -0.15) is 0 Å². The van der Waals surface area contributed by atoms with Crippen molar-refractivity contribution in [2.24, 2.45) is 21.7 Å². The van der Waals surface area contributed by atoms with E-state index >= 15 is 0 Å².